The molecule has 1 fully saturated rings. The van der Waals surface area contributed by atoms with Gasteiger partial charge in [0.05, 0.1) is 6.10 Å². The fraction of sp³-hybridized carbons (Fsp3) is 0.929. The van der Waals surface area contributed by atoms with Gasteiger partial charge in [0.25, 0.3) is 0 Å². The normalized spacial score (nSPS) is 24.7. The Hall–Kier alpha value is -0.650. The zero-order valence-corrected chi connectivity index (χ0v) is 12.4. The van der Waals surface area contributed by atoms with E-state index < -0.39 is 11.5 Å². The van der Waals surface area contributed by atoms with Gasteiger partial charge < -0.3 is 20.1 Å². The molecule has 1 aliphatic rings. The average molecular weight is 272 g/mol. The molecule has 19 heavy (non-hydrogen) atoms. The van der Waals surface area contributed by atoms with Gasteiger partial charge in [-0.15, -0.1) is 0 Å². The van der Waals surface area contributed by atoms with Crippen LogP contribution in [-0.4, -0.2) is 60.4 Å². The molecule has 1 rings (SSSR count). The van der Waals surface area contributed by atoms with Crippen molar-refractivity contribution in [2.24, 2.45) is 0 Å². The first-order valence-corrected chi connectivity index (χ1v) is 7.30. The first kappa shape index (κ1) is 16.4. The zero-order chi connectivity index (χ0) is 14.3. The van der Waals surface area contributed by atoms with Crippen molar-refractivity contribution in [1.29, 1.82) is 0 Å². The Labute approximate surface area is 116 Å². The van der Waals surface area contributed by atoms with Crippen molar-refractivity contribution in [2.45, 2.75) is 51.7 Å². The molecular weight excluding hydrogens is 244 g/mol. The summed E-state index contributed by atoms with van der Waals surface area (Å²) in [6, 6.07) is 0. The maximum absolute atomic E-state index is 11.4. The molecule has 0 aromatic rings. The minimum Gasteiger partial charge on any atom is -0.480 e. The summed E-state index contributed by atoms with van der Waals surface area (Å²) >= 11 is 0. The van der Waals surface area contributed by atoms with E-state index in [0.29, 0.717) is 6.42 Å². The van der Waals surface area contributed by atoms with E-state index in [1.807, 2.05) is 6.92 Å². The monoisotopic (exact) mass is 272 g/mol. The van der Waals surface area contributed by atoms with Crippen LogP contribution in [0.2, 0.25) is 0 Å². The lowest BCUT2D eigenvalue weighted by Gasteiger charge is -2.30. The molecule has 2 unspecified atom stereocenters. The van der Waals surface area contributed by atoms with Gasteiger partial charge in [-0.25, -0.2) is 0 Å². The van der Waals surface area contributed by atoms with E-state index in [1.54, 1.807) is 6.92 Å². The standard InChI is InChI=1S/C14H28N2O3/c1-4-7-15-14(3,13(17)18)6-9-16-8-5-10-19-12(2)11-16/h12,15H,4-11H2,1-3H3,(H,17,18). The van der Waals surface area contributed by atoms with Crippen LogP contribution in [0.5, 0.6) is 0 Å². The molecule has 1 saturated heterocycles. The summed E-state index contributed by atoms with van der Waals surface area (Å²) in [4.78, 5) is 13.7. The summed E-state index contributed by atoms with van der Waals surface area (Å²) in [5, 5.41) is 12.5. The van der Waals surface area contributed by atoms with Gasteiger partial charge >= 0.3 is 5.97 Å². The first-order valence-electron chi connectivity index (χ1n) is 7.30. The van der Waals surface area contributed by atoms with Crippen LogP contribution >= 0.6 is 0 Å². The van der Waals surface area contributed by atoms with Gasteiger partial charge in [0.1, 0.15) is 5.54 Å². The average Bonchev–Trinajstić information content (AvgIpc) is 2.58. The predicted octanol–water partition coefficient (Wildman–Crippen LogP) is 1.33. The summed E-state index contributed by atoms with van der Waals surface area (Å²) in [5.74, 6) is -0.764. The van der Waals surface area contributed by atoms with Crippen LogP contribution in [0.25, 0.3) is 0 Å². The highest BCUT2D eigenvalue weighted by Crippen LogP contribution is 2.13. The molecule has 112 valence electrons. The molecule has 0 amide bonds. The second kappa shape index (κ2) is 7.82. The molecule has 1 heterocycles. The third-order valence-electron chi connectivity index (χ3n) is 3.70. The summed E-state index contributed by atoms with van der Waals surface area (Å²) in [6.45, 7) is 10.1. The van der Waals surface area contributed by atoms with E-state index >= 15 is 0 Å². The van der Waals surface area contributed by atoms with E-state index in [4.69, 9.17) is 4.74 Å². The van der Waals surface area contributed by atoms with Crippen LogP contribution < -0.4 is 5.32 Å². The van der Waals surface area contributed by atoms with Crippen LogP contribution in [-0.2, 0) is 9.53 Å². The van der Waals surface area contributed by atoms with Crippen molar-refractivity contribution >= 4 is 5.97 Å². The second-order valence-corrected chi connectivity index (χ2v) is 5.65. The molecule has 2 N–H and O–H groups in total. The highest BCUT2D eigenvalue weighted by atomic mass is 16.5. The van der Waals surface area contributed by atoms with Crippen LogP contribution in [0.4, 0.5) is 0 Å². The quantitative estimate of drug-likeness (QED) is 0.732. The topological polar surface area (TPSA) is 61.8 Å². The van der Waals surface area contributed by atoms with Crippen LogP contribution in [0.15, 0.2) is 0 Å². The third kappa shape index (κ3) is 5.47. The lowest BCUT2D eigenvalue weighted by atomic mass is 9.97. The number of carbonyl (C=O) groups is 1. The second-order valence-electron chi connectivity index (χ2n) is 5.65. The van der Waals surface area contributed by atoms with Gasteiger partial charge in [-0.1, -0.05) is 6.92 Å². The van der Waals surface area contributed by atoms with Gasteiger partial charge in [0.15, 0.2) is 0 Å². The smallest absolute Gasteiger partial charge is 0.323 e. The number of rotatable bonds is 7. The highest BCUT2D eigenvalue weighted by molar-refractivity contribution is 5.78. The largest absolute Gasteiger partial charge is 0.480 e. The zero-order valence-electron chi connectivity index (χ0n) is 12.4. The van der Waals surface area contributed by atoms with E-state index in [-0.39, 0.29) is 6.10 Å². The molecule has 0 aromatic carbocycles. The van der Waals surface area contributed by atoms with Gasteiger partial charge in [0, 0.05) is 26.2 Å². The Bertz CT molecular complexity index is 286. The van der Waals surface area contributed by atoms with Crippen molar-refractivity contribution in [3.05, 3.63) is 0 Å². The summed E-state index contributed by atoms with van der Waals surface area (Å²) < 4.78 is 5.60. The Kier molecular flexibility index (Phi) is 6.75. The van der Waals surface area contributed by atoms with Crippen LogP contribution in [0, 0.1) is 0 Å². The minimum atomic E-state index is -0.827. The molecule has 0 bridgehead atoms. The van der Waals surface area contributed by atoms with E-state index in [9.17, 15) is 9.90 Å². The molecule has 2 atom stereocenters. The molecule has 1 aliphatic heterocycles. The molecule has 0 aromatic heterocycles. The summed E-state index contributed by atoms with van der Waals surface area (Å²) in [6.07, 6.45) is 2.82. The highest BCUT2D eigenvalue weighted by Gasteiger charge is 2.32. The number of carboxylic acid groups (broad SMARTS) is 1. The maximum atomic E-state index is 11.4. The summed E-state index contributed by atoms with van der Waals surface area (Å²) in [7, 11) is 0. The Morgan fingerprint density at radius 2 is 2.32 bits per heavy atom. The van der Waals surface area contributed by atoms with Gasteiger partial charge in [-0.3, -0.25) is 4.79 Å². The number of ether oxygens (including phenoxy) is 1. The van der Waals surface area contributed by atoms with Gasteiger partial charge in [-0.2, -0.15) is 0 Å². The van der Waals surface area contributed by atoms with Crippen LogP contribution in [0.3, 0.4) is 0 Å². The van der Waals surface area contributed by atoms with E-state index in [0.717, 1.165) is 45.6 Å². The maximum Gasteiger partial charge on any atom is 0.323 e. The third-order valence-corrected chi connectivity index (χ3v) is 3.70. The fourth-order valence-corrected chi connectivity index (χ4v) is 2.34. The van der Waals surface area contributed by atoms with E-state index in [2.05, 4.69) is 17.1 Å². The minimum absolute atomic E-state index is 0.238. The fourth-order valence-electron chi connectivity index (χ4n) is 2.34. The van der Waals surface area contributed by atoms with Gasteiger partial charge in [-0.05, 0) is 39.7 Å². The first-order chi connectivity index (χ1) is 8.98. The van der Waals surface area contributed by atoms with Crippen molar-refractivity contribution < 1.29 is 14.6 Å². The van der Waals surface area contributed by atoms with Crippen molar-refractivity contribution in [2.75, 3.05) is 32.8 Å². The van der Waals surface area contributed by atoms with E-state index in [1.165, 1.54) is 0 Å². The Balaban J connectivity index is 2.48. The molecular formula is C14H28N2O3. The lowest BCUT2D eigenvalue weighted by molar-refractivity contribution is -0.144. The molecule has 0 radical (unpaired) electrons. The number of carboxylic acids is 1. The summed E-state index contributed by atoms with van der Waals surface area (Å²) in [5.41, 5.74) is -0.827. The molecule has 0 spiro atoms. The Morgan fingerprint density at radius 1 is 1.58 bits per heavy atom. The van der Waals surface area contributed by atoms with Crippen molar-refractivity contribution in [3.63, 3.8) is 0 Å². The number of nitrogens with one attached hydrogen (secondary N) is 1. The van der Waals surface area contributed by atoms with Gasteiger partial charge in [0.2, 0.25) is 0 Å². The number of hydrogen-bond acceptors (Lipinski definition) is 4. The van der Waals surface area contributed by atoms with Crippen molar-refractivity contribution in [1.82, 2.24) is 10.2 Å². The molecule has 0 saturated carbocycles. The van der Waals surface area contributed by atoms with Crippen LogP contribution in [0.1, 0.15) is 40.0 Å². The predicted molar refractivity (Wildman–Crippen MR) is 75.4 cm³/mol. The molecule has 0 aliphatic carbocycles. The molecule has 5 nitrogen and oxygen atoms in total. The number of aliphatic carboxylic acids is 1. The van der Waals surface area contributed by atoms with Crippen molar-refractivity contribution in [3.8, 4) is 0 Å². The number of hydrogen-bond donors (Lipinski definition) is 2. The Morgan fingerprint density at radius 3 is 2.95 bits per heavy atom. The lowest BCUT2D eigenvalue weighted by Crippen LogP contribution is -2.51. The SMILES string of the molecule is CCCNC(C)(CCN1CCCOC(C)C1)C(=O)O. The molecule has 5 heteroatoms. The number of nitrogens with zero attached hydrogens (tertiary/aromatic N) is 1.